The highest BCUT2D eigenvalue weighted by atomic mass is 16.5. The summed E-state index contributed by atoms with van der Waals surface area (Å²) >= 11 is 0. The molecule has 1 N–H and O–H groups in total. The van der Waals surface area contributed by atoms with E-state index in [-0.39, 0.29) is 24.3 Å². The van der Waals surface area contributed by atoms with E-state index in [0.29, 0.717) is 30.8 Å². The van der Waals surface area contributed by atoms with Crippen LogP contribution in [0.5, 0.6) is 0 Å². The molecule has 1 aliphatic carbocycles. The van der Waals surface area contributed by atoms with E-state index in [9.17, 15) is 9.59 Å². The molecule has 1 amide bonds. The minimum absolute atomic E-state index is 0.0639. The molecule has 8 heteroatoms. The molecule has 1 heterocycles. The molecule has 0 radical (unpaired) electrons. The summed E-state index contributed by atoms with van der Waals surface area (Å²) < 4.78 is 7.08. The number of ether oxygens (including phenoxy) is 1. The lowest BCUT2D eigenvalue weighted by Crippen LogP contribution is -2.40. The van der Waals surface area contributed by atoms with Gasteiger partial charge in [-0.15, -0.1) is 0 Å². The van der Waals surface area contributed by atoms with Crippen molar-refractivity contribution in [2.24, 2.45) is 7.05 Å². The Hall–Kier alpha value is -3.86. The molecule has 0 unspecified atom stereocenters. The van der Waals surface area contributed by atoms with Crippen LogP contribution in [0.25, 0.3) is 11.0 Å². The van der Waals surface area contributed by atoms with Crippen LogP contribution in [0.3, 0.4) is 0 Å². The van der Waals surface area contributed by atoms with Gasteiger partial charge in [0.2, 0.25) is 0 Å². The number of fused-ring (bicyclic) bond motifs is 1. The first-order valence-electron chi connectivity index (χ1n) is 12.2. The molecule has 4 rings (SSSR count). The Labute approximate surface area is 205 Å². The van der Waals surface area contributed by atoms with Crippen LogP contribution in [-0.2, 0) is 23.1 Å². The molecule has 8 nitrogen and oxygen atoms in total. The van der Waals surface area contributed by atoms with E-state index < -0.39 is 0 Å². The van der Waals surface area contributed by atoms with Crippen molar-refractivity contribution in [2.45, 2.75) is 51.6 Å². The lowest BCUT2D eigenvalue weighted by molar-refractivity contribution is -0.143. The topological polar surface area (TPSA) is 100 Å². The quantitative estimate of drug-likeness (QED) is 0.463. The second-order valence-corrected chi connectivity index (χ2v) is 8.83. The molecule has 0 bridgehead atoms. The first-order valence-corrected chi connectivity index (χ1v) is 12.2. The SMILES string of the molecule is CCOC(=O)CCN(C(=O)c1ccc2c(c1)nc(CNc1ccc(C#N)cc1)n2C)C1CCCC1. The molecule has 0 saturated heterocycles. The Bertz CT molecular complexity index is 1240. The van der Waals surface area contributed by atoms with Gasteiger partial charge in [-0.1, -0.05) is 12.8 Å². The molecule has 1 aliphatic rings. The number of rotatable bonds is 9. The maximum absolute atomic E-state index is 13.5. The van der Waals surface area contributed by atoms with Gasteiger partial charge < -0.3 is 19.5 Å². The van der Waals surface area contributed by atoms with Crippen molar-refractivity contribution in [3.8, 4) is 6.07 Å². The summed E-state index contributed by atoms with van der Waals surface area (Å²) in [6.07, 6.45) is 4.33. The number of aryl methyl sites for hydroxylation is 1. The number of nitrogens with one attached hydrogen (secondary N) is 1. The predicted octanol–water partition coefficient (Wildman–Crippen LogP) is 4.40. The Kier molecular flexibility index (Phi) is 7.66. The Morgan fingerprint density at radius 2 is 1.94 bits per heavy atom. The normalized spacial score (nSPS) is 13.5. The largest absolute Gasteiger partial charge is 0.466 e. The number of nitrogens with zero attached hydrogens (tertiary/aromatic N) is 4. The highest BCUT2D eigenvalue weighted by Crippen LogP contribution is 2.26. The van der Waals surface area contributed by atoms with E-state index in [1.54, 1.807) is 19.1 Å². The third-order valence-electron chi connectivity index (χ3n) is 6.57. The zero-order valence-electron chi connectivity index (χ0n) is 20.3. The van der Waals surface area contributed by atoms with Crippen molar-refractivity contribution in [3.63, 3.8) is 0 Å². The second-order valence-electron chi connectivity index (χ2n) is 8.83. The number of anilines is 1. The monoisotopic (exact) mass is 473 g/mol. The highest BCUT2D eigenvalue weighted by molar-refractivity contribution is 5.97. The highest BCUT2D eigenvalue weighted by Gasteiger charge is 2.28. The molecule has 1 fully saturated rings. The van der Waals surface area contributed by atoms with Crippen LogP contribution in [0.2, 0.25) is 0 Å². The van der Waals surface area contributed by atoms with Gasteiger partial charge in [0.25, 0.3) is 5.91 Å². The van der Waals surface area contributed by atoms with E-state index in [4.69, 9.17) is 15.0 Å². The third kappa shape index (κ3) is 5.62. The van der Waals surface area contributed by atoms with E-state index in [2.05, 4.69) is 11.4 Å². The van der Waals surface area contributed by atoms with Crippen LogP contribution in [0.1, 0.15) is 60.8 Å². The van der Waals surface area contributed by atoms with Crippen LogP contribution >= 0.6 is 0 Å². The van der Waals surface area contributed by atoms with Gasteiger partial charge in [-0.2, -0.15) is 5.26 Å². The predicted molar refractivity (Wildman–Crippen MR) is 134 cm³/mol. The van der Waals surface area contributed by atoms with Gasteiger partial charge in [0.1, 0.15) is 5.82 Å². The van der Waals surface area contributed by atoms with Gasteiger partial charge in [-0.3, -0.25) is 9.59 Å². The number of hydrogen-bond acceptors (Lipinski definition) is 6. The smallest absolute Gasteiger partial charge is 0.307 e. The van der Waals surface area contributed by atoms with E-state index >= 15 is 0 Å². The van der Waals surface area contributed by atoms with Crippen LogP contribution < -0.4 is 5.32 Å². The molecule has 3 aromatic rings. The van der Waals surface area contributed by atoms with Gasteiger partial charge in [-0.25, -0.2) is 4.98 Å². The van der Waals surface area contributed by atoms with Gasteiger partial charge in [0, 0.05) is 30.9 Å². The standard InChI is InChI=1S/C27H31N5O3/c1-3-35-26(33)14-15-32(22-6-4-5-7-22)27(34)20-10-13-24-23(16-20)30-25(31(24)2)18-29-21-11-8-19(17-28)9-12-21/h8-13,16,22,29H,3-7,14-15,18H2,1-2H3. The van der Waals surface area contributed by atoms with Gasteiger partial charge in [0.05, 0.1) is 42.2 Å². The molecule has 35 heavy (non-hydrogen) atoms. The van der Waals surface area contributed by atoms with E-state index in [1.165, 1.54) is 0 Å². The van der Waals surface area contributed by atoms with Crippen LogP contribution in [0.4, 0.5) is 5.69 Å². The fourth-order valence-corrected chi connectivity index (χ4v) is 4.66. The van der Waals surface area contributed by atoms with Gasteiger partial charge >= 0.3 is 5.97 Å². The number of carbonyl (C=O) groups is 2. The lowest BCUT2D eigenvalue weighted by atomic mass is 10.1. The number of aromatic nitrogens is 2. The van der Waals surface area contributed by atoms with Crippen LogP contribution in [0, 0.1) is 11.3 Å². The summed E-state index contributed by atoms with van der Waals surface area (Å²) in [5.74, 6) is 0.498. The molecule has 1 aromatic heterocycles. The zero-order chi connectivity index (χ0) is 24.8. The first-order chi connectivity index (χ1) is 17.0. The van der Waals surface area contributed by atoms with Crippen LogP contribution in [-0.4, -0.2) is 45.5 Å². The van der Waals surface area contributed by atoms with Crippen molar-refractivity contribution in [1.29, 1.82) is 5.26 Å². The first kappa shape index (κ1) is 24.3. The average Bonchev–Trinajstić information content (AvgIpc) is 3.51. The number of benzene rings is 2. The fraction of sp³-hybridized carbons (Fsp3) is 0.407. The van der Waals surface area contributed by atoms with Crippen molar-refractivity contribution in [1.82, 2.24) is 14.5 Å². The number of hydrogen-bond donors (Lipinski definition) is 1. The molecule has 0 atom stereocenters. The summed E-state index contributed by atoms with van der Waals surface area (Å²) in [6, 6.07) is 15.2. The summed E-state index contributed by atoms with van der Waals surface area (Å²) in [5.41, 5.74) is 3.80. The Morgan fingerprint density at radius 1 is 1.20 bits per heavy atom. The number of carbonyl (C=O) groups excluding carboxylic acids is 2. The molecule has 0 aliphatic heterocycles. The Balaban J connectivity index is 1.51. The lowest BCUT2D eigenvalue weighted by Gasteiger charge is -2.29. The number of nitriles is 1. The molecular formula is C27H31N5O3. The number of imidazole rings is 1. The fourth-order valence-electron chi connectivity index (χ4n) is 4.66. The van der Waals surface area contributed by atoms with Crippen LogP contribution in [0.15, 0.2) is 42.5 Å². The molecular weight excluding hydrogens is 442 g/mol. The van der Waals surface area contributed by atoms with E-state index in [1.807, 2.05) is 46.8 Å². The maximum atomic E-state index is 13.5. The molecule has 182 valence electrons. The molecule has 0 spiro atoms. The van der Waals surface area contributed by atoms with Crippen molar-refractivity contribution >= 4 is 28.6 Å². The van der Waals surface area contributed by atoms with E-state index in [0.717, 1.165) is 48.2 Å². The number of amides is 1. The number of esters is 1. The maximum Gasteiger partial charge on any atom is 0.307 e. The summed E-state index contributed by atoms with van der Waals surface area (Å²) in [7, 11) is 1.96. The van der Waals surface area contributed by atoms with Crippen molar-refractivity contribution in [2.75, 3.05) is 18.5 Å². The summed E-state index contributed by atoms with van der Waals surface area (Å²) in [6.45, 7) is 3.00. The molecule has 1 saturated carbocycles. The minimum Gasteiger partial charge on any atom is -0.466 e. The second kappa shape index (κ2) is 11.0. The molecule has 2 aromatic carbocycles. The average molecular weight is 474 g/mol. The van der Waals surface area contributed by atoms with Gasteiger partial charge in [0.15, 0.2) is 0 Å². The summed E-state index contributed by atoms with van der Waals surface area (Å²) in [5, 5.41) is 12.3. The summed E-state index contributed by atoms with van der Waals surface area (Å²) in [4.78, 5) is 32.1. The third-order valence-corrected chi connectivity index (χ3v) is 6.57. The van der Waals surface area contributed by atoms with Gasteiger partial charge in [-0.05, 0) is 62.2 Å². The minimum atomic E-state index is -0.275. The van der Waals surface area contributed by atoms with Crippen molar-refractivity contribution < 1.29 is 14.3 Å². The van der Waals surface area contributed by atoms with Crippen molar-refractivity contribution in [3.05, 3.63) is 59.4 Å². The zero-order valence-corrected chi connectivity index (χ0v) is 20.3. The Morgan fingerprint density at radius 3 is 2.63 bits per heavy atom.